The zero-order chi connectivity index (χ0) is 13.0. The third-order valence-corrected chi connectivity index (χ3v) is 3.94. The molecule has 0 radical (unpaired) electrons. The molecule has 1 fully saturated rings. The summed E-state index contributed by atoms with van der Waals surface area (Å²) in [5.41, 5.74) is 2.48. The molecule has 1 atom stereocenters. The average molecular weight is 262 g/mol. The van der Waals surface area contributed by atoms with Crippen molar-refractivity contribution in [1.29, 1.82) is 0 Å². The van der Waals surface area contributed by atoms with E-state index in [4.69, 9.17) is 12.2 Å². The summed E-state index contributed by atoms with van der Waals surface area (Å²) in [6, 6.07) is 8.40. The molecule has 0 amide bonds. The largest absolute Gasteiger partial charge is 0.349 e. The lowest BCUT2D eigenvalue weighted by Gasteiger charge is -2.33. The lowest BCUT2D eigenvalue weighted by atomic mass is 10.0. The summed E-state index contributed by atoms with van der Waals surface area (Å²) < 4.78 is 0. The Bertz CT molecular complexity index is 417. The second kappa shape index (κ2) is 6.19. The number of thiocarbonyl (C=S) groups is 1. The maximum Gasteiger partial charge on any atom is 0.173 e. The Kier molecular flexibility index (Phi) is 4.59. The molecular weight excluding hydrogens is 240 g/mol. The van der Waals surface area contributed by atoms with Crippen molar-refractivity contribution in [2.75, 3.05) is 18.4 Å². The predicted molar refractivity (Wildman–Crippen MR) is 82.0 cm³/mol. The zero-order valence-corrected chi connectivity index (χ0v) is 12.1. The Labute approximate surface area is 115 Å². The molecule has 0 aliphatic carbocycles. The molecule has 2 nitrogen and oxygen atoms in total. The number of para-hydroxylation sites is 1. The van der Waals surface area contributed by atoms with E-state index in [1.807, 2.05) is 0 Å². The molecule has 3 heteroatoms. The Morgan fingerprint density at radius 3 is 2.94 bits per heavy atom. The van der Waals surface area contributed by atoms with Crippen LogP contribution in [0.1, 0.15) is 32.3 Å². The molecule has 1 N–H and O–H groups in total. The first-order valence-electron chi connectivity index (χ1n) is 6.84. The van der Waals surface area contributed by atoms with Crippen LogP contribution in [0.2, 0.25) is 0 Å². The van der Waals surface area contributed by atoms with Crippen LogP contribution >= 0.6 is 12.2 Å². The number of piperidine rings is 1. The van der Waals surface area contributed by atoms with Gasteiger partial charge in [0.1, 0.15) is 0 Å². The Balaban J connectivity index is 2.02. The summed E-state index contributed by atoms with van der Waals surface area (Å²) in [5.74, 6) is 0.750. The number of nitrogens with zero attached hydrogens (tertiary/aromatic N) is 1. The number of likely N-dealkylation sites (tertiary alicyclic amines) is 1. The van der Waals surface area contributed by atoms with E-state index in [9.17, 15) is 0 Å². The van der Waals surface area contributed by atoms with Crippen LogP contribution in [-0.2, 0) is 6.42 Å². The van der Waals surface area contributed by atoms with Gasteiger partial charge in [-0.15, -0.1) is 0 Å². The summed E-state index contributed by atoms with van der Waals surface area (Å²) >= 11 is 5.53. The van der Waals surface area contributed by atoms with Crippen LogP contribution in [0.5, 0.6) is 0 Å². The van der Waals surface area contributed by atoms with Gasteiger partial charge in [0.15, 0.2) is 5.11 Å². The highest BCUT2D eigenvalue weighted by Crippen LogP contribution is 2.19. The Hall–Kier alpha value is -1.09. The van der Waals surface area contributed by atoms with Gasteiger partial charge in [-0.1, -0.05) is 32.0 Å². The van der Waals surface area contributed by atoms with Crippen molar-refractivity contribution in [1.82, 2.24) is 4.90 Å². The minimum absolute atomic E-state index is 0.750. The Morgan fingerprint density at radius 1 is 1.44 bits per heavy atom. The molecule has 1 aliphatic rings. The normalized spacial score (nSPS) is 19.7. The number of hydrogen-bond acceptors (Lipinski definition) is 1. The van der Waals surface area contributed by atoms with E-state index in [0.717, 1.165) is 36.2 Å². The third kappa shape index (κ3) is 3.22. The number of aryl methyl sites for hydroxylation is 1. The molecule has 0 aromatic heterocycles. The molecule has 1 saturated heterocycles. The van der Waals surface area contributed by atoms with Crippen molar-refractivity contribution in [2.24, 2.45) is 5.92 Å². The summed E-state index contributed by atoms with van der Waals surface area (Å²) in [6.07, 6.45) is 3.60. The fourth-order valence-electron chi connectivity index (χ4n) is 2.52. The summed E-state index contributed by atoms with van der Waals surface area (Å²) in [4.78, 5) is 2.30. The smallest absolute Gasteiger partial charge is 0.173 e. The molecule has 18 heavy (non-hydrogen) atoms. The van der Waals surface area contributed by atoms with E-state index in [1.165, 1.54) is 18.4 Å². The summed E-state index contributed by atoms with van der Waals surface area (Å²) in [6.45, 7) is 6.64. The quantitative estimate of drug-likeness (QED) is 0.819. The number of hydrogen-bond donors (Lipinski definition) is 1. The van der Waals surface area contributed by atoms with Gasteiger partial charge in [0.05, 0.1) is 0 Å². The third-order valence-electron chi connectivity index (χ3n) is 3.58. The summed E-state index contributed by atoms with van der Waals surface area (Å²) in [7, 11) is 0. The molecule has 0 bridgehead atoms. The predicted octanol–water partition coefficient (Wildman–Crippen LogP) is 3.68. The maximum atomic E-state index is 5.53. The number of nitrogens with one attached hydrogen (secondary N) is 1. The molecule has 2 rings (SSSR count). The van der Waals surface area contributed by atoms with E-state index in [0.29, 0.717) is 0 Å². The fourth-order valence-corrected chi connectivity index (χ4v) is 2.79. The second-order valence-corrected chi connectivity index (χ2v) is 5.52. The lowest BCUT2D eigenvalue weighted by Crippen LogP contribution is -2.41. The van der Waals surface area contributed by atoms with Crippen LogP contribution < -0.4 is 5.32 Å². The van der Waals surface area contributed by atoms with Gasteiger partial charge in [-0.05, 0) is 49.0 Å². The number of anilines is 1. The average Bonchev–Trinajstić information content (AvgIpc) is 2.39. The van der Waals surface area contributed by atoms with Crippen LogP contribution in [0.4, 0.5) is 5.69 Å². The molecule has 1 aromatic carbocycles. The Morgan fingerprint density at radius 2 is 2.22 bits per heavy atom. The highest BCUT2D eigenvalue weighted by atomic mass is 32.1. The monoisotopic (exact) mass is 262 g/mol. The molecule has 0 saturated carbocycles. The van der Waals surface area contributed by atoms with Crippen molar-refractivity contribution in [2.45, 2.75) is 33.1 Å². The van der Waals surface area contributed by atoms with Crippen molar-refractivity contribution >= 4 is 23.0 Å². The van der Waals surface area contributed by atoms with Crippen LogP contribution in [0.3, 0.4) is 0 Å². The van der Waals surface area contributed by atoms with Crippen LogP contribution in [-0.4, -0.2) is 23.1 Å². The van der Waals surface area contributed by atoms with Gasteiger partial charge in [-0.3, -0.25) is 0 Å². The van der Waals surface area contributed by atoms with Crippen LogP contribution in [0.25, 0.3) is 0 Å². The number of benzene rings is 1. The molecular formula is C15H22N2S. The van der Waals surface area contributed by atoms with Gasteiger partial charge >= 0.3 is 0 Å². The van der Waals surface area contributed by atoms with Crippen molar-refractivity contribution < 1.29 is 0 Å². The van der Waals surface area contributed by atoms with E-state index in [2.05, 4.69) is 48.3 Å². The van der Waals surface area contributed by atoms with Gasteiger partial charge in [0.2, 0.25) is 0 Å². The molecule has 1 aliphatic heterocycles. The van der Waals surface area contributed by atoms with Crippen molar-refractivity contribution in [3.63, 3.8) is 0 Å². The van der Waals surface area contributed by atoms with Crippen molar-refractivity contribution in [3.8, 4) is 0 Å². The molecule has 0 spiro atoms. The maximum absolute atomic E-state index is 5.53. The van der Waals surface area contributed by atoms with Gasteiger partial charge in [-0.25, -0.2) is 0 Å². The standard InChI is InChI=1S/C15H22N2S/c1-3-13-8-4-5-9-14(13)16-15(18)17-10-6-7-12(2)11-17/h4-5,8-9,12H,3,6-7,10-11H2,1-2H3,(H,16,18). The molecule has 98 valence electrons. The molecule has 1 unspecified atom stereocenters. The van der Waals surface area contributed by atoms with E-state index in [-0.39, 0.29) is 0 Å². The lowest BCUT2D eigenvalue weighted by molar-refractivity contribution is 0.276. The molecule has 1 heterocycles. The zero-order valence-electron chi connectivity index (χ0n) is 11.3. The highest BCUT2D eigenvalue weighted by Gasteiger charge is 2.18. The molecule has 1 aromatic rings. The minimum atomic E-state index is 0.750. The van der Waals surface area contributed by atoms with E-state index < -0.39 is 0 Å². The summed E-state index contributed by atoms with van der Waals surface area (Å²) in [5, 5.41) is 4.29. The first kappa shape index (κ1) is 13.3. The van der Waals surface area contributed by atoms with Gasteiger partial charge in [0.25, 0.3) is 0 Å². The minimum Gasteiger partial charge on any atom is -0.349 e. The van der Waals surface area contributed by atoms with Gasteiger partial charge < -0.3 is 10.2 Å². The first-order valence-corrected chi connectivity index (χ1v) is 7.25. The van der Waals surface area contributed by atoms with Crippen molar-refractivity contribution in [3.05, 3.63) is 29.8 Å². The fraction of sp³-hybridized carbons (Fsp3) is 0.533. The topological polar surface area (TPSA) is 15.3 Å². The van der Waals surface area contributed by atoms with E-state index >= 15 is 0 Å². The second-order valence-electron chi connectivity index (χ2n) is 5.13. The van der Waals surface area contributed by atoms with Gasteiger partial charge in [0, 0.05) is 18.8 Å². The first-order chi connectivity index (χ1) is 8.70. The van der Waals surface area contributed by atoms with Crippen LogP contribution in [0, 0.1) is 5.92 Å². The highest BCUT2D eigenvalue weighted by molar-refractivity contribution is 7.80. The van der Waals surface area contributed by atoms with Crippen LogP contribution in [0.15, 0.2) is 24.3 Å². The SMILES string of the molecule is CCc1ccccc1NC(=S)N1CCCC(C)C1. The number of rotatable bonds is 2. The van der Waals surface area contributed by atoms with Gasteiger partial charge in [-0.2, -0.15) is 0 Å². The van der Waals surface area contributed by atoms with E-state index in [1.54, 1.807) is 0 Å².